The molecule has 2 amide bonds. The van der Waals surface area contributed by atoms with Crippen LogP contribution in [0.25, 0.3) is 0 Å². The van der Waals surface area contributed by atoms with Gasteiger partial charge in [0.05, 0.1) is 17.6 Å². The Balaban J connectivity index is 1.74. The first kappa shape index (κ1) is 18.3. The fourth-order valence-electron chi connectivity index (χ4n) is 4.15. The van der Waals surface area contributed by atoms with E-state index in [1.165, 1.54) is 6.26 Å². The van der Waals surface area contributed by atoms with E-state index in [4.69, 9.17) is 4.42 Å². The number of sulfone groups is 1. The molecule has 1 saturated carbocycles. The van der Waals surface area contributed by atoms with Crippen molar-refractivity contribution in [1.29, 1.82) is 0 Å². The van der Waals surface area contributed by atoms with Gasteiger partial charge in [-0.2, -0.15) is 0 Å². The lowest BCUT2D eigenvalue weighted by Gasteiger charge is -2.39. The number of rotatable bonds is 3. The zero-order valence-corrected chi connectivity index (χ0v) is 15.8. The number of urea groups is 1. The second-order valence-corrected chi connectivity index (χ2v) is 9.83. The van der Waals surface area contributed by atoms with E-state index >= 15 is 0 Å². The molecule has 2 aliphatic rings. The minimum absolute atomic E-state index is 0.0842. The molecule has 0 aromatic carbocycles. The Hall–Kier alpha value is -1.50. The Bertz CT molecular complexity index is 686. The summed E-state index contributed by atoms with van der Waals surface area (Å²) in [7, 11) is -3.17. The summed E-state index contributed by atoms with van der Waals surface area (Å²) in [5.41, 5.74) is 0. The molecule has 6 nitrogen and oxygen atoms in total. The van der Waals surface area contributed by atoms with Gasteiger partial charge in [0.1, 0.15) is 5.76 Å². The summed E-state index contributed by atoms with van der Waals surface area (Å²) in [6.07, 6.45) is 7.92. The number of piperidine rings is 1. The highest BCUT2D eigenvalue weighted by Gasteiger charge is 2.37. The number of nitrogens with one attached hydrogen (secondary N) is 1. The quantitative estimate of drug-likeness (QED) is 0.889. The highest BCUT2D eigenvalue weighted by molar-refractivity contribution is 7.91. The summed E-state index contributed by atoms with van der Waals surface area (Å²) in [4.78, 5) is 14.7. The first-order valence-electron chi connectivity index (χ1n) is 9.15. The van der Waals surface area contributed by atoms with E-state index in [1.807, 2.05) is 17.0 Å². The number of nitrogens with zero attached hydrogens (tertiary/aromatic N) is 1. The third-order valence-corrected chi connectivity index (χ3v) is 7.22. The Morgan fingerprint density at radius 1 is 1.28 bits per heavy atom. The second-order valence-electron chi connectivity index (χ2n) is 7.56. The number of hydrogen-bond donors (Lipinski definition) is 1. The van der Waals surface area contributed by atoms with Gasteiger partial charge in [0, 0.05) is 18.8 Å². The largest absolute Gasteiger partial charge is 0.467 e. The molecule has 0 spiro atoms. The van der Waals surface area contributed by atoms with Crippen molar-refractivity contribution < 1.29 is 17.6 Å². The minimum Gasteiger partial charge on any atom is -0.467 e. The fourth-order valence-corrected chi connectivity index (χ4v) is 5.55. The van der Waals surface area contributed by atoms with Crippen LogP contribution in [0.1, 0.15) is 57.3 Å². The van der Waals surface area contributed by atoms with Crippen molar-refractivity contribution in [3.05, 3.63) is 24.2 Å². The van der Waals surface area contributed by atoms with Crippen molar-refractivity contribution in [3.8, 4) is 0 Å². The molecule has 140 valence electrons. The average molecular weight is 368 g/mol. The predicted octanol–water partition coefficient (Wildman–Crippen LogP) is 3.12. The van der Waals surface area contributed by atoms with Crippen molar-refractivity contribution in [2.24, 2.45) is 5.92 Å². The maximum atomic E-state index is 12.9. The normalized spacial score (nSPS) is 30.9. The zero-order chi connectivity index (χ0) is 18.0. The Morgan fingerprint density at radius 2 is 2.04 bits per heavy atom. The molecule has 1 aromatic heterocycles. The molecule has 2 fully saturated rings. The maximum Gasteiger partial charge on any atom is 0.318 e. The summed E-state index contributed by atoms with van der Waals surface area (Å²) in [5.74, 6) is 1.32. The molecule has 7 heteroatoms. The van der Waals surface area contributed by atoms with E-state index in [9.17, 15) is 13.2 Å². The predicted molar refractivity (Wildman–Crippen MR) is 96.0 cm³/mol. The SMILES string of the molecule is CC1CCN(C(=O)N[C@@H]2CCCC[C@H]2S(C)(=O)=O)C(c2ccco2)C1. The molecule has 0 radical (unpaired) electrons. The van der Waals surface area contributed by atoms with Crippen LogP contribution in [0.3, 0.4) is 0 Å². The topological polar surface area (TPSA) is 79.6 Å². The van der Waals surface area contributed by atoms with E-state index in [0.29, 0.717) is 18.9 Å². The van der Waals surface area contributed by atoms with Gasteiger partial charge >= 0.3 is 6.03 Å². The zero-order valence-electron chi connectivity index (χ0n) is 15.0. The Morgan fingerprint density at radius 3 is 2.72 bits per heavy atom. The first-order valence-corrected chi connectivity index (χ1v) is 11.1. The van der Waals surface area contributed by atoms with Crippen LogP contribution in [0.5, 0.6) is 0 Å². The number of furan rings is 1. The van der Waals surface area contributed by atoms with Crippen LogP contribution in [-0.4, -0.2) is 43.4 Å². The molecule has 4 atom stereocenters. The summed E-state index contributed by atoms with van der Waals surface area (Å²) in [5, 5.41) is 2.54. The van der Waals surface area contributed by atoms with Crippen molar-refractivity contribution in [2.75, 3.05) is 12.8 Å². The molecule has 2 heterocycles. The van der Waals surface area contributed by atoms with Crippen LogP contribution in [0.2, 0.25) is 0 Å². The second kappa shape index (κ2) is 7.40. The third kappa shape index (κ3) is 4.19. The Kier molecular flexibility index (Phi) is 5.41. The molecule has 1 saturated heterocycles. The van der Waals surface area contributed by atoms with Gasteiger partial charge in [0.15, 0.2) is 9.84 Å². The molecule has 1 aromatic rings. The number of amides is 2. The lowest BCUT2D eigenvalue weighted by Crippen LogP contribution is -2.54. The molecular formula is C18H28N2O4S. The molecule has 25 heavy (non-hydrogen) atoms. The maximum absolute atomic E-state index is 12.9. The van der Waals surface area contributed by atoms with Crippen molar-refractivity contribution in [3.63, 3.8) is 0 Å². The van der Waals surface area contributed by atoms with Gasteiger partial charge in [-0.3, -0.25) is 0 Å². The van der Waals surface area contributed by atoms with Crippen molar-refractivity contribution >= 4 is 15.9 Å². The fraction of sp³-hybridized carbons (Fsp3) is 0.722. The van der Waals surface area contributed by atoms with Crippen LogP contribution in [-0.2, 0) is 9.84 Å². The summed E-state index contributed by atoms with van der Waals surface area (Å²) < 4.78 is 29.7. The van der Waals surface area contributed by atoms with Crippen molar-refractivity contribution in [2.45, 2.75) is 62.8 Å². The number of hydrogen-bond acceptors (Lipinski definition) is 4. The van der Waals surface area contributed by atoms with Gasteiger partial charge in [-0.1, -0.05) is 19.8 Å². The molecule has 0 bridgehead atoms. The van der Waals surface area contributed by atoms with E-state index < -0.39 is 15.1 Å². The molecule has 1 aliphatic carbocycles. The minimum atomic E-state index is -3.17. The lowest BCUT2D eigenvalue weighted by atomic mass is 9.91. The number of likely N-dealkylation sites (tertiary alicyclic amines) is 1. The molecule has 2 unspecified atom stereocenters. The van der Waals surface area contributed by atoms with Gasteiger partial charge < -0.3 is 14.6 Å². The smallest absolute Gasteiger partial charge is 0.318 e. The summed E-state index contributed by atoms with van der Waals surface area (Å²) in [6.45, 7) is 2.85. The number of carbonyl (C=O) groups excluding carboxylic acids is 1. The highest BCUT2D eigenvalue weighted by Crippen LogP contribution is 2.34. The average Bonchev–Trinajstić information content (AvgIpc) is 3.08. The van der Waals surface area contributed by atoms with E-state index in [0.717, 1.165) is 37.9 Å². The van der Waals surface area contributed by atoms with Gasteiger partial charge in [-0.25, -0.2) is 13.2 Å². The van der Waals surface area contributed by atoms with Crippen LogP contribution < -0.4 is 5.32 Å². The Labute approximate surface area is 149 Å². The van der Waals surface area contributed by atoms with E-state index in [2.05, 4.69) is 12.2 Å². The lowest BCUT2D eigenvalue weighted by molar-refractivity contribution is 0.116. The summed E-state index contributed by atoms with van der Waals surface area (Å²) >= 11 is 0. The van der Waals surface area contributed by atoms with Crippen LogP contribution >= 0.6 is 0 Å². The van der Waals surface area contributed by atoms with Gasteiger partial charge in [0.25, 0.3) is 0 Å². The monoisotopic (exact) mass is 368 g/mol. The van der Waals surface area contributed by atoms with E-state index in [1.54, 1.807) is 6.26 Å². The molecule has 3 rings (SSSR count). The number of carbonyl (C=O) groups is 1. The third-order valence-electron chi connectivity index (χ3n) is 5.56. The van der Waals surface area contributed by atoms with Crippen LogP contribution in [0.4, 0.5) is 4.79 Å². The standard InChI is InChI=1S/C18H28N2O4S/c1-13-9-10-20(15(12-13)16-7-5-11-24-16)18(21)19-14-6-3-4-8-17(14)25(2,22)23/h5,7,11,13-15,17H,3-4,6,8-10,12H2,1-2H3,(H,19,21)/t13?,14-,15?,17-/m1/s1. The van der Waals surface area contributed by atoms with Crippen LogP contribution in [0, 0.1) is 5.92 Å². The van der Waals surface area contributed by atoms with E-state index in [-0.39, 0.29) is 18.1 Å². The van der Waals surface area contributed by atoms with Gasteiger partial charge in [-0.15, -0.1) is 0 Å². The van der Waals surface area contributed by atoms with Crippen LogP contribution in [0.15, 0.2) is 22.8 Å². The molecule has 1 N–H and O–H groups in total. The van der Waals surface area contributed by atoms with Gasteiger partial charge in [0.2, 0.25) is 0 Å². The van der Waals surface area contributed by atoms with Crippen molar-refractivity contribution in [1.82, 2.24) is 10.2 Å². The highest BCUT2D eigenvalue weighted by atomic mass is 32.2. The van der Waals surface area contributed by atoms with Gasteiger partial charge in [-0.05, 0) is 43.7 Å². The molecule has 1 aliphatic heterocycles. The first-order chi connectivity index (χ1) is 11.9. The molecular weight excluding hydrogens is 340 g/mol. The summed E-state index contributed by atoms with van der Waals surface area (Å²) in [6, 6.07) is 3.19.